The average molecular weight is 418 g/mol. The van der Waals surface area contributed by atoms with Crippen LogP contribution in [0.15, 0.2) is 54.6 Å². The second kappa shape index (κ2) is 8.14. The summed E-state index contributed by atoms with van der Waals surface area (Å²) in [6, 6.07) is 18.7. The van der Waals surface area contributed by atoms with E-state index < -0.39 is 6.09 Å². The Hall–Kier alpha value is -2.62. The number of aryl methyl sites for hydroxylation is 1. The molecule has 2 aromatic rings. The number of ether oxygens (including phenoxy) is 1. The first-order valence-corrected chi connectivity index (χ1v) is 11.7. The Morgan fingerprint density at radius 3 is 2.55 bits per heavy atom. The van der Waals surface area contributed by atoms with Gasteiger partial charge in [-0.05, 0) is 73.0 Å². The molecule has 2 atom stereocenters. The topological polar surface area (TPSA) is 46.6 Å². The minimum absolute atomic E-state index is 0.0591. The number of nitrogens with zero attached hydrogens (tertiary/aromatic N) is 1. The summed E-state index contributed by atoms with van der Waals surface area (Å²) >= 11 is 0. The van der Waals surface area contributed by atoms with Gasteiger partial charge in [0.25, 0.3) is 0 Å². The van der Waals surface area contributed by atoms with E-state index in [1.165, 1.54) is 23.3 Å². The van der Waals surface area contributed by atoms with Crippen molar-refractivity contribution in [2.24, 2.45) is 11.8 Å². The molecule has 0 radical (unpaired) electrons. The van der Waals surface area contributed by atoms with Gasteiger partial charge in [-0.15, -0.1) is 0 Å². The maximum atomic E-state index is 13.4. The summed E-state index contributed by atoms with van der Waals surface area (Å²) in [4.78, 5) is 27.2. The first-order valence-electron chi connectivity index (χ1n) is 11.7. The molecule has 2 fully saturated rings. The van der Waals surface area contributed by atoms with Crippen LogP contribution in [0.4, 0.5) is 4.79 Å². The van der Waals surface area contributed by atoms with Crippen LogP contribution in [-0.2, 0) is 27.8 Å². The Labute approximate surface area is 184 Å². The van der Waals surface area contributed by atoms with Crippen molar-refractivity contribution in [2.75, 3.05) is 6.61 Å². The van der Waals surface area contributed by atoms with Gasteiger partial charge in [0.2, 0.25) is 5.91 Å². The molecular formula is C27H31NO3. The van der Waals surface area contributed by atoms with Gasteiger partial charge in [-0.3, -0.25) is 4.79 Å². The molecule has 5 rings (SSSR count). The zero-order valence-corrected chi connectivity index (χ0v) is 18.3. The second-order valence-electron chi connectivity index (χ2n) is 9.69. The zero-order chi connectivity index (χ0) is 21.4. The summed E-state index contributed by atoms with van der Waals surface area (Å²) in [5, 5.41) is 0. The first kappa shape index (κ1) is 20.3. The number of carbonyl (C=O) groups excluding carboxylic acids is 2. The van der Waals surface area contributed by atoms with Gasteiger partial charge >= 0.3 is 6.09 Å². The van der Waals surface area contributed by atoms with E-state index in [0.29, 0.717) is 17.8 Å². The number of imide groups is 1. The average Bonchev–Trinajstić information content (AvgIpc) is 3.35. The maximum Gasteiger partial charge on any atom is 0.416 e. The van der Waals surface area contributed by atoms with Crippen molar-refractivity contribution in [3.05, 3.63) is 71.3 Å². The van der Waals surface area contributed by atoms with Crippen molar-refractivity contribution in [1.82, 2.24) is 4.90 Å². The number of cyclic esters (lactones) is 1. The van der Waals surface area contributed by atoms with Gasteiger partial charge in [0.1, 0.15) is 6.61 Å². The Bertz CT molecular complexity index is 961. The number of amides is 2. The van der Waals surface area contributed by atoms with Gasteiger partial charge in [0, 0.05) is 5.92 Å². The molecule has 4 heteroatoms. The molecule has 1 aliphatic heterocycles. The quantitative estimate of drug-likeness (QED) is 0.679. The Morgan fingerprint density at radius 2 is 1.77 bits per heavy atom. The van der Waals surface area contributed by atoms with Crippen LogP contribution in [0.5, 0.6) is 0 Å². The van der Waals surface area contributed by atoms with Gasteiger partial charge in [0.05, 0.1) is 6.04 Å². The van der Waals surface area contributed by atoms with Crippen LogP contribution in [-0.4, -0.2) is 29.5 Å². The molecule has 1 saturated heterocycles. The smallest absolute Gasteiger partial charge is 0.416 e. The molecule has 0 N–H and O–H groups in total. The van der Waals surface area contributed by atoms with Gasteiger partial charge in [-0.25, -0.2) is 9.69 Å². The molecule has 1 saturated carbocycles. The van der Waals surface area contributed by atoms with E-state index >= 15 is 0 Å². The van der Waals surface area contributed by atoms with Crippen molar-refractivity contribution >= 4 is 12.0 Å². The Balaban J connectivity index is 1.25. The zero-order valence-electron chi connectivity index (χ0n) is 18.3. The van der Waals surface area contributed by atoms with Crippen molar-refractivity contribution in [3.8, 4) is 0 Å². The van der Waals surface area contributed by atoms with E-state index in [-0.39, 0.29) is 24.5 Å². The standard InChI is InChI=1S/C27H31NO3/c1-19(21-11-14-27(15-12-21)16-13-22-9-5-6-10-24(22)27)25(29)28-23(18-31-26(28)30)17-20-7-3-2-4-8-20/h2-10,19,21,23H,11-18H2,1H3/t19-,21?,23?,27?/m1/s1. The highest BCUT2D eigenvalue weighted by Crippen LogP contribution is 2.51. The molecule has 2 aliphatic carbocycles. The third kappa shape index (κ3) is 3.66. The fourth-order valence-corrected chi connectivity index (χ4v) is 6.16. The minimum atomic E-state index is -0.477. The summed E-state index contributed by atoms with van der Waals surface area (Å²) in [7, 11) is 0. The fourth-order valence-electron chi connectivity index (χ4n) is 6.16. The van der Waals surface area contributed by atoms with E-state index in [0.717, 1.165) is 31.2 Å². The molecule has 162 valence electrons. The highest BCUT2D eigenvalue weighted by Gasteiger charge is 2.45. The number of hydrogen-bond acceptors (Lipinski definition) is 3. The van der Waals surface area contributed by atoms with Crippen molar-refractivity contribution in [3.63, 3.8) is 0 Å². The van der Waals surface area contributed by atoms with Crippen molar-refractivity contribution in [1.29, 1.82) is 0 Å². The molecule has 0 bridgehead atoms. The predicted octanol–water partition coefficient (Wildman–Crippen LogP) is 5.29. The molecule has 0 aromatic heterocycles. The fraction of sp³-hybridized carbons (Fsp3) is 0.481. The third-order valence-electron chi connectivity index (χ3n) is 8.06. The maximum absolute atomic E-state index is 13.4. The lowest BCUT2D eigenvalue weighted by atomic mass is 9.65. The highest BCUT2D eigenvalue weighted by atomic mass is 16.6. The summed E-state index contributed by atoms with van der Waals surface area (Å²) in [5.41, 5.74) is 4.47. The molecule has 4 nitrogen and oxygen atoms in total. The molecular weight excluding hydrogens is 386 g/mol. The number of carbonyl (C=O) groups is 2. The van der Waals surface area contributed by atoms with Crippen LogP contribution < -0.4 is 0 Å². The summed E-state index contributed by atoms with van der Waals surface area (Å²) in [5.74, 6) is 0.116. The molecule has 2 aromatic carbocycles. The summed E-state index contributed by atoms with van der Waals surface area (Å²) in [6.07, 6.45) is 6.97. The molecule has 31 heavy (non-hydrogen) atoms. The third-order valence-corrected chi connectivity index (χ3v) is 8.06. The van der Waals surface area contributed by atoms with Crippen LogP contribution in [0.1, 0.15) is 55.7 Å². The van der Waals surface area contributed by atoms with Crippen LogP contribution in [0.25, 0.3) is 0 Å². The lowest BCUT2D eigenvalue weighted by Gasteiger charge is -2.40. The molecule has 3 aliphatic rings. The molecule has 2 amide bonds. The SMILES string of the molecule is C[C@@H](C(=O)N1C(=O)OCC1Cc1ccccc1)C1CCC2(CCc3ccccc32)CC1. The molecule has 1 spiro atoms. The number of benzene rings is 2. The van der Waals surface area contributed by atoms with Gasteiger partial charge in [-0.2, -0.15) is 0 Å². The largest absolute Gasteiger partial charge is 0.447 e. The summed E-state index contributed by atoms with van der Waals surface area (Å²) < 4.78 is 5.29. The molecule has 1 heterocycles. The lowest BCUT2D eigenvalue weighted by Crippen LogP contribution is -2.45. The predicted molar refractivity (Wildman–Crippen MR) is 120 cm³/mol. The monoisotopic (exact) mass is 417 g/mol. The first-order chi connectivity index (χ1) is 15.1. The number of hydrogen-bond donors (Lipinski definition) is 0. The second-order valence-corrected chi connectivity index (χ2v) is 9.69. The van der Waals surface area contributed by atoms with Gasteiger partial charge in [0.15, 0.2) is 0 Å². The van der Waals surface area contributed by atoms with Crippen LogP contribution in [0.2, 0.25) is 0 Å². The van der Waals surface area contributed by atoms with Gasteiger partial charge in [-0.1, -0.05) is 61.5 Å². The number of rotatable bonds is 4. The van der Waals surface area contributed by atoms with Crippen molar-refractivity contribution in [2.45, 2.75) is 63.3 Å². The molecule has 1 unspecified atom stereocenters. The van der Waals surface area contributed by atoms with E-state index in [1.54, 1.807) is 5.56 Å². The van der Waals surface area contributed by atoms with E-state index in [2.05, 4.69) is 24.3 Å². The van der Waals surface area contributed by atoms with Crippen LogP contribution >= 0.6 is 0 Å². The summed E-state index contributed by atoms with van der Waals surface area (Å²) in [6.45, 7) is 2.30. The lowest BCUT2D eigenvalue weighted by molar-refractivity contribution is -0.135. The Morgan fingerprint density at radius 1 is 1.06 bits per heavy atom. The van der Waals surface area contributed by atoms with Gasteiger partial charge < -0.3 is 4.74 Å². The minimum Gasteiger partial charge on any atom is -0.447 e. The van der Waals surface area contributed by atoms with E-state index in [4.69, 9.17) is 4.74 Å². The Kier molecular flexibility index (Phi) is 5.33. The van der Waals surface area contributed by atoms with Crippen molar-refractivity contribution < 1.29 is 14.3 Å². The highest BCUT2D eigenvalue weighted by molar-refractivity contribution is 5.94. The van der Waals surface area contributed by atoms with E-state index in [1.807, 2.05) is 37.3 Å². The normalized spacial score (nSPS) is 28.4. The van der Waals surface area contributed by atoms with Crippen LogP contribution in [0.3, 0.4) is 0 Å². The van der Waals surface area contributed by atoms with E-state index in [9.17, 15) is 9.59 Å². The van der Waals surface area contributed by atoms with Crippen LogP contribution in [0, 0.1) is 11.8 Å². The number of fused-ring (bicyclic) bond motifs is 2.